The molecule has 0 unspecified atom stereocenters. The molecule has 5 rings (SSSR count). The number of nitrogens with zero attached hydrogens (tertiary/aromatic N) is 1. The molecular formula is C29H30ClNO4. The summed E-state index contributed by atoms with van der Waals surface area (Å²) < 4.78 is 6.31. The number of ether oxygens (including phenoxy) is 1. The second-order valence-corrected chi connectivity index (χ2v) is 10.1. The van der Waals surface area contributed by atoms with E-state index in [1.165, 1.54) is 16.0 Å². The van der Waals surface area contributed by atoms with Gasteiger partial charge in [-0.25, -0.2) is 0 Å². The Labute approximate surface area is 211 Å². The number of halogens is 1. The molecule has 2 aromatic carbocycles. The van der Waals surface area contributed by atoms with Crippen LogP contribution in [0.3, 0.4) is 0 Å². The van der Waals surface area contributed by atoms with Crippen molar-refractivity contribution in [1.29, 1.82) is 0 Å². The first-order valence-corrected chi connectivity index (χ1v) is 12.7. The number of hydrogen-bond donors (Lipinski definition) is 1. The maximum atomic E-state index is 12.9. The monoisotopic (exact) mass is 491 g/mol. The number of phenols is 1. The van der Waals surface area contributed by atoms with Gasteiger partial charge in [-0.15, -0.1) is 0 Å². The average Bonchev–Trinajstić information content (AvgIpc) is 3.38. The number of hydrogen-bond acceptors (Lipinski definition) is 4. The minimum atomic E-state index is -0.289. The Morgan fingerprint density at radius 3 is 2.63 bits per heavy atom. The van der Waals surface area contributed by atoms with E-state index in [9.17, 15) is 14.7 Å². The lowest BCUT2D eigenvalue weighted by molar-refractivity contribution is -0.138. The number of aromatic hydroxyl groups is 1. The smallest absolute Gasteiger partial charge is 0.233 e. The van der Waals surface area contributed by atoms with Gasteiger partial charge in [-0.1, -0.05) is 54.4 Å². The van der Waals surface area contributed by atoms with Crippen LogP contribution in [0.25, 0.3) is 11.6 Å². The zero-order valence-corrected chi connectivity index (χ0v) is 20.8. The molecule has 35 heavy (non-hydrogen) atoms. The molecule has 2 fully saturated rings. The second kappa shape index (κ2) is 9.63. The number of likely N-dealkylation sites (tertiary alicyclic amines) is 1. The number of benzene rings is 2. The molecule has 0 spiro atoms. The molecule has 2 aliphatic heterocycles. The topological polar surface area (TPSA) is 66.8 Å². The van der Waals surface area contributed by atoms with Crippen LogP contribution in [0.15, 0.2) is 59.7 Å². The highest BCUT2D eigenvalue weighted by Crippen LogP contribution is 2.50. The summed E-state index contributed by atoms with van der Waals surface area (Å²) in [7, 11) is 1.60. The van der Waals surface area contributed by atoms with Crippen LogP contribution in [0, 0.1) is 17.8 Å². The number of rotatable bonds is 6. The predicted molar refractivity (Wildman–Crippen MR) is 137 cm³/mol. The van der Waals surface area contributed by atoms with E-state index >= 15 is 0 Å². The molecule has 1 N–H and O–H groups in total. The van der Waals surface area contributed by atoms with Crippen LogP contribution in [0.4, 0.5) is 0 Å². The standard InChI is InChI=1S/C29H30ClNO4/c1-3-17-14-22-27(29(34)31(2)28(22)33)23-16-35-25(26(17)23)12-10-19(18-7-5-4-6-8-18)13-20-9-11-21(32)15-24(20)30/h4-9,11,13,15,22-23,25,27,32H,3,10,12,14,16H2,1-2H3/b19-13-/t22-,23+,25-,27-/m1/s1. The molecule has 2 aromatic rings. The van der Waals surface area contributed by atoms with Crippen LogP contribution in [-0.4, -0.2) is 41.6 Å². The van der Waals surface area contributed by atoms with Crippen LogP contribution in [0.1, 0.15) is 43.7 Å². The van der Waals surface area contributed by atoms with E-state index in [0.29, 0.717) is 18.1 Å². The Morgan fingerprint density at radius 1 is 1.14 bits per heavy atom. The number of imide groups is 1. The summed E-state index contributed by atoms with van der Waals surface area (Å²) in [5, 5.41) is 10.2. The van der Waals surface area contributed by atoms with Crippen molar-refractivity contribution in [3.8, 4) is 5.75 Å². The summed E-state index contributed by atoms with van der Waals surface area (Å²) in [6.07, 6.45) is 5.08. The molecule has 2 heterocycles. The lowest BCUT2D eigenvalue weighted by Gasteiger charge is -2.31. The summed E-state index contributed by atoms with van der Waals surface area (Å²) in [4.78, 5) is 26.9. The Balaban J connectivity index is 1.43. The highest BCUT2D eigenvalue weighted by molar-refractivity contribution is 6.32. The summed E-state index contributed by atoms with van der Waals surface area (Å²) >= 11 is 6.41. The van der Waals surface area contributed by atoms with Gasteiger partial charge in [-0.05, 0) is 72.2 Å². The van der Waals surface area contributed by atoms with Crippen LogP contribution in [-0.2, 0) is 14.3 Å². The van der Waals surface area contributed by atoms with Crippen molar-refractivity contribution in [2.45, 2.75) is 38.7 Å². The van der Waals surface area contributed by atoms with Gasteiger partial charge < -0.3 is 9.84 Å². The van der Waals surface area contributed by atoms with Gasteiger partial charge in [0.25, 0.3) is 0 Å². The van der Waals surface area contributed by atoms with Gasteiger partial charge in [0.05, 0.1) is 29.6 Å². The molecule has 0 aromatic heterocycles. The van der Waals surface area contributed by atoms with E-state index in [1.54, 1.807) is 19.2 Å². The Bertz CT molecular complexity index is 1220. The van der Waals surface area contributed by atoms with E-state index in [1.807, 2.05) is 24.3 Å². The molecule has 5 nitrogen and oxygen atoms in total. The minimum absolute atomic E-state index is 0.00852. The van der Waals surface area contributed by atoms with E-state index in [2.05, 4.69) is 25.1 Å². The van der Waals surface area contributed by atoms with Crippen molar-refractivity contribution < 1.29 is 19.4 Å². The lowest BCUT2D eigenvalue weighted by Crippen LogP contribution is -2.33. The zero-order valence-electron chi connectivity index (χ0n) is 20.0. The molecule has 6 heteroatoms. The Morgan fingerprint density at radius 2 is 1.91 bits per heavy atom. The zero-order chi connectivity index (χ0) is 24.7. The van der Waals surface area contributed by atoms with E-state index in [4.69, 9.17) is 16.3 Å². The fourth-order valence-corrected chi connectivity index (χ4v) is 6.26. The largest absolute Gasteiger partial charge is 0.508 e. The number of carbonyl (C=O) groups excluding carboxylic acids is 2. The summed E-state index contributed by atoms with van der Waals surface area (Å²) in [5.41, 5.74) is 5.62. The minimum Gasteiger partial charge on any atom is -0.508 e. The molecule has 1 aliphatic carbocycles. The number of fused-ring (bicyclic) bond motifs is 3. The highest BCUT2D eigenvalue weighted by atomic mass is 35.5. The van der Waals surface area contributed by atoms with Crippen LogP contribution < -0.4 is 0 Å². The predicted octanol–water partition coefficient (Wildman–Crippen LogP) is 5.72. The SMILES string of the molecule is CCC1=C2[C@@H](CC/C(=C/c3ccc(O)cc3Cl)c3ccccc3)OC[C@@H]2[C@@H]2C(=O)N(C)C(=O)[C@@H]2C1. The normalized spacial score (nSPS) is 26.4. The summed E-state index contributed by atoms with van der Waals surface area (Å²) in [5.74, 6) is -0.509. The Kier molecular flexibility index (Phi) is 6.56. The fourth-order valence-electron chi connectivity index (χ4n) is 6.03. The Hall–Kier alpha value is -2.89. The number of allylic oxidation sites excluding steroid dienone is 2. The third-order valence-electron chi connectivity index (χ3n) is 7.79. The van der Waals surface area contributed by atoms with Gasteiger partial charge in [0.2, 0.25) is 11.8 Å². The van der Waals surface area contributed by atoms with Crippen molar-refractivity contribution >= 4 is 35.1 Å². The molecule has 0 saturated carbocycles. The summed E-state index contributed by atoms with van der Waals surface area (Å²) in [6.45, 7) is 2.62. The molecule has 182 valence electrons. The summed E-state index contributed by atoms with van der Waals surface area (Å²) in [6, 6.07) is 15.2. The van der Waals surface area contributed by atoms with Crippen molar-refractivity contribution in [3.63, 3.8) is 0 Å². The van der Waals surface area contributed by atoms with Crippen molar-refractivity contribution in [3.05, 3.63) is 75.8 Å². The number of amides is 2. The van der Waals surface area contributed by atoms with Gasteiger partial charge in [-0.2, -0.15) is 0 Å². The van der Waals surface area contributed by atoms with Gasteiger partial charge in [0.15, 0.2) is 0 Å². The molecular weight excluding hydrogens is 462 g/mol. The quantitative estimate of drug-likeness (QED) is 0.318. The van der Waals surface area contributed by atoms with Gasteiger partial charge in [0.1, 0.15) is 5.75 Å². The van der Waals surface area contributed by atoms with E-state index < -0.39 is 0 Å². The maximum Gasteiger partial charge on any atom is 0.233 e. The fraction of sp³-hybridized carbons (Fsp3) is 0.379. The molecule has 4 atom stereocenters. The molecule has 3 aliphatic rings. The van der Waals surface area contributed by atoms with E-state index in [0.717, 1.165) is 36.0 Å². The molecule has 2 amide bonds. The van der Waals surface area contributed by atoms with Crippen LogP contribution in [0.2, 0.25) is 5.02 Å². The molecule has 2 saturated heterocycles. The lowest BCUT2D eigenvalue weighted by atomic mass is 9.69. The van der Waals surface area contributed by atoms with Crippen LogP contribution >= 0.6 is 11.6 Å². The first-order valence-electron chi connectivity index (χ1n) is 12.3. The van der Waals surface area contributed by atoms with Crippen molar-refractivity contribution in [2.75, 3.05) is 13.7 Å². The van der Waals surface area contributed by atoms with Gasteiger partial charge in [0, 0.05) is 13.0 Å². The number of carbonyl (C=O) groups is 2. The van der Waals surface area contributed by atoms with Crippen LogP contribution in [0.5, 0.6) is 5.75 Å². The van der Waals surface area contributed by atoms with Gasteiger partial charge in [-0.3, -0.25) is 14.5 Å². The maximum absolute atomic E-state index is 12.9. The number of phenolic OH excluding ortho intramolecular Hbond substituents is 1. The van der Waals surface area contributed by atoms with Crippen molar-refractivity contribution in [1.82, 2.24) is 4.90 Å². The van der Waals surface area contributed by atoms with E-state index in [-0.39, 0.29) is 41.4 Å². The second-order valence-electron chi connectivity index (χ2n) is 9.69. The average molecular weight is 492 g/mol. The van der Waals surface area contributed by atoms with Gasteiger partial charge >= 0.3 is 0 Å². The highest BCUT2D eigenvalue weighted by Gasteiger charge is 2.55. The third kappa shape index (κ3) is 4.32. The third-order valence-corrected chi connectivity index (χ3v) is 8.12. The van der Waals surface area contributed by atoms with Crippen molar-refractivity contribution in [2.24, 2.45) is 17.8 Å². The first kappa shape index (κ1) is 23.8. The first-order chi connectivity index (χ1) is 16.9. The molecule has 0 bridgehead atoms. The molecule has 0 radical (unpaired) electrons.